The van der Waals surface area contributed by atoms with Gasteiger partial charge in [0.15, 0.2) is 13.2 Å². The Kier molecular flexibility index (Phi) is 7.87. The fraction of sp³-hybridized carbons (Fsp3) is 0.364. The van der Waals surface area contributed by atoms with Gasteiger partial charge in [0.05, 0.1) is 12.3 Å². The van der Waals surface area contributed by atoms with E-state index in [1.54, 1.807) is 18.2 Å². The van der Waals surface area contributed by atoms with Crippen molar-refractivity contribution < 1.29 is 23.8 Å². The van der Waals surface area contributed by atoms with Gasteiger partial charge < -0.3 is 19.5 Å². The predicted molar refractivity (Wildman–Crippen MR) is 108 cm³/mol. The molecule has 0 unspecified atom stereocenters. The van der Waals surface area contributed by atoms with E-state index in [0.717, 1.165) is 11.1 Å². The molecule has 0 bridgehead atoms. The highest BCUT2D eigenvalue weighted by Crippen LogP contribution is 2.27. The van der Waals surface area contributed by atoms with Crippen LogP contribution in [0.4, 0.5) is 5.69 Å². The Balaban J connectivity index is 1.85. The Bertz CT molecular complexity index is 816. The van der Waals surface area contributed by atoms with Crippen LogP contribution in [0.25, 0.3) is 0 Å². The van der Waals surface area contributed by atoms with E-state index in [1.165, 1.54) is 0 Å². The van der Waals surface area contributed by atoms with Crippen molar-refractivity contribution in [1.82, 2.24) is 0 Å². The molecule has 0 radical (unpaired) electrons. The number of esters is 1. The molecule has 150 valence electrons. The van der Waals surface area contributed by atoms with Crippen LogP contribution < -0.4 is 14.8 Å². The van der Waals surface area contributed by atoms with E-state index in [9.17, 15) is 9.59 Å². The predicted octanol–water partition coefficient (Wildman–Crippen LogP) is 4.08. The first-order valence-electron chi connectivity index (χ1n) is 9.31. The SMILES string of the molecule is CCOc1ccccc1NC(=O)COC(=O)COc1cc(C)ccc1C(C)C. The number of amides is 1. The summed E-state index contributed by atoms with van der Waals surface area (Å²) >= 11 is 0. The molecule has 0 saturated heterocycles. The minimum absolute atomic E-state index is 0.258. The second-order valence-corrected chi connectivity index (χ2v) is 6.62. The number of carbonyl (C=O) groups is 2. The van der Waals surface area contributed by atoms with Gasteiger partial charge in [-0.2, -0.15) is 0 Å². The third-order valence-electron chi connectivity index (χ3n) is 3.96. The maximum Gasteiger partial charge on any atom is 0.344 e. The van der Waals surface area contributed by atoms with Crippen LogP contribution >= 0.6 is 0 Å². The largest absolute Gasteiger partial charge is 0.492 e. The van der Waals surface area contributed by atoms with Gasteiger partial charge in [0.25, 0.3) is 5.91 Å². The number of nitrogens with one attached hydrogen (secondary N) is 1. The standard InChI is InChI=1S/C22H27NO5/c1-5-26-19-9-7-6-8-18(19)23-21(24)13-28-22(25)14-27-20-12-16(4)10-11-17(20)15(2)3/h6-12,15H,5,13-14H2,1-4H3,(H,23,24). The molecule has 0 aliphatic heterocycles. The number of benzene rings is 2. The van der Waals surface area contributed by atoms with Crippen molar-refractivity contribution in [2.75, 3.05) is 25.1 Å². The normalized spacial score (nSPS) is 10.5. The zero-order valence-corrected chi connectivity index (χ0v) is 16.8. The third-order valence-corrected chi connectivity index (χ3v) is 3.96. The average molecular weight is 385 g/mol. The Morgan fingerprint density at radius 3 is 2.46 bits per heavy atom. The van der Waals surface area contributed by atoms with Gasteiger partial charge in [-0.15, -0.1) is 0 Å². The lowest BCUT2D eigenvalue weighted by molar-refractivity contribution is -0.149. The number of hydrogen-bond acceptors (Lipinski definition) is 5. The van der Waals surface area contributed by atoms with Crippen LogP contribution in [-0.2, 0) is 14.3 Å². The Hall–Kier alpha value is -3.02. The molecule has 1 amide bonds. The van der Waals surface area contributed by atoms with Gasteiger partial charge in [0, 0.05) is 0 Å². The summed E-state index contributed by atoms with van der Waals surface area (Å²) < 4.78 is 16.1. The van der Waals surface area contributed by atoms with E-state index in [2.05, 4.69) is 19.2 Å². The van der Waals surface area contributed by atoms with Crippen LogP contribution in [0.3, 0.4) is 0 Å². The summed E-state index contributed by atoms with van der Waals surface area (Å²) in [6.45, 7) is 7.76. The van der Waals surface area contributed by atoms with Crippen molar-refractivity contribution in [1.29, 1.82) is 0 Å². The molecule has 0 atom stereocenters. The Morgan fingerprint density at radius 1 is 1.00 bits per heavy atom. The van der Waals surface area contributed by atoms with Gasteiger partial charge >= 0.3 is 5.97 Å². The molecule has 0 saturated carbocycles. The summed E-state index contributed by atoms with van der Waals surface area (Å²) in [5.41, 5.74) is 2.59. The summed E-state index contributed by atoms with van der Waals surface area (Å²) in [6, 6.07) is 13.0. The van der Waals surface area contributed by atoms with Gasteiger partial charge in [0.2, 0.25) is 0 Å². The molecule has 1 N–H and O–H groups in total. The molecule has 28 heavy (non-hydrogen) atoms. The fourth-order valence-electron chi connectivity index (χ4n) is 2.61. The second kappa shape index (κ2) is 10.3. The molecular weight excluding hydrogens is 358 g/mol. The Morgan fingerprint density at radius 2 is 1.75 bits per heavy atom. The third kappa shape index (κ3) is 6.30. The second-order valence-electron chi connectivity index (χ2n) is 6.62. The average Bonchev–Trinajstić information content (AvgIpc) is 2.66. The van der Waals surface area contributed by atoms with Crippen molar-refractivity contribution in [2.24, 2.45) is 0 Å². The van der Waals surface area contributed by atoms with Gasteiger partial charge in [-0.05, 0) is 49.1 Å². The van der Waals surface area contributed by atoms with Crippen molar-refractivity contribution in [2.45, 2.75) is 33.6 Å². The highest BCUT2D eigenvalue weighted by molar-refractivity contribution is 5.94. The molecule has 6 nitrogen and oxygen atoms in total. The van der Waals surface area contributed by atoms with E-state index in [0.29, 0.717) is 23.8 Å². The van der Waals surface area contributed by atoms with Crippen LogP contribution in [-0.4, -0.2) is 31.7 Å². The molecular formula is C22H27NO5. The van der Waals surface area contributed by atoms with Crippen LogP contribution in [0.1, 0.15) is 37.8 Å². The highest BCUT2D eigenvalue weighted by atomic mass is 16.6. The van der Waals surface area contributed by atoms with Gasteiger partial charge in [-0.3, -0.25) is 4.79 Å². The van der Waals surface area contributed by atoms with E-state index in [1.807, 2.05) is 38.1 Å². The number of ether oxygens (including phenoxy) is 3. The molecule has 2 aromatic rings. The first-order valence-corrected chi connectivity index (χ1v) is 9.31. The lowest BCUT2D eigenvalue weighted by Gasteiger charge is -2.14. The molecule has 2 rings (SSSR count). The molecule has 0 heterocycles. The molecule has 0 aromatic heterocycles. The highest BCUT2D eigenvalue weighted by Gasteiger charge is 2.13. The van der Waals surface area contributed by atoms with Crippen molar-refractivity contribution in [3.8, 4) is 11.5 Å². The quantitative estimate of drug-likeness (QED) is 0.659. The lowest BCUT2D eigenvalue weighted by atomic mass is 10.0. The number of para-hydroxylation sites is 2. The monoisotopic (exact) mass is 385 g/mol. The van der Waals surface area contributed by atoms with E-state index in [-0.39, 0.29) is 12.5 Å². The van der Waals surface area contributed by atoms with E-state index >= 15 is 0 Å². The van der Waals surface area contributed by atoms with Gasteiger partial charge in [-0.1, -0.05) is 38.1 Å². The van der Waals surface area contributed by atoms with Gasteiger partial charge in [0.1, 0.15) is 11.5 Å². The first-order chi connectivity index (χ1) is 13.4. The maximum atomic E-state index is 12.1. The molecule has 0 aliphatic carbocycles. The summed E-state index contributed by atoms with van der Waals surface area (Å²) in [5.74, 6) is 0.432. The molecule has 6 heteroatoms. The molecule has 0 fully saturated rings. The van der Waals surface area contributed by atoms with E-state index in [4.69, 9.17) is 14.2 Å². The van der Waals surface area contributed by atoms with E-state index < -0.39 is 18.5 Å². The zero-order valence-electron chi connectivity index (χ0n) is 16.8. The summed E-state index contributed by atoms with van der Waals surface area (Å²) in [7, 11) is 0. The summed E-state index contributed by atoms with van der Waals surface area (Å²) in [6.07, 6.45) is 0. The van der Waals surface area contributed by atoms with Crippen molar-refractivity contribution in [3.63, 3.8) is 0 Å². The zero-order chi connectivity index (χ0) is 20.5. The molecule has 0 spiro atoms. The number of carbonyl (C=O) groups excluding carboxylic acids is 2. The first kappa shape index (κ1) is 21.3. The minimum atomic E-state index is -0.607. The van der Waals surface area contributed by atoms with Crippen molar-refractivity contribution >= 4 is 17.6 Å². The van der Waals surface area contributed by atoms with Crippen LogP contribution in [0, 0.1) is 6.92 Å². The number of hydrogen-bond donors (Lipinski definition) is 1. The molecule has 0 aliphatic rings. The van der Waals surface area contributed by atoms with Crippen molar-refractivity contribution in [3.05, 3.63) is 53.6 Å². The minimum Gasteiger partial charge on any atom is -0.492 e. The fourth-order valence-corrected chi connectivity index (χ4v) is 2.61. The van der Waals surface area contributed by atoms with Crippen LogP contribution in [0.5, 0.6) is 11.5 Å². The van der Waals surface area contributed by atoms with Crippen LogP contribution in [0.15, 0.2) is 42.5 Å². The number of aryl methyl sites for hydroxylation is 1. The topological polar surface area (TPSA) is 73.9 Å². The number of rotatable bonds is 9. The molecule has 2 aromatic carbocycles. The number of anilines is 1. The Labute approximate surface area is 165 Å². The smallest absolute Gasteiger partial charge is 0.344 e. The summed E-state index contributed by atoms with van der Waals surface area (Å²) in [5, 5.41) is 2.67. The summed E-state index contributed by atoms with van der Waals surface area (Å²) in [4.78, 5) is 24.0. The lowest BCUT2D eigenvalue weighted by Crippen LogP contribution is -2.24. The van der Waals surface area contributed by atoms with Gasteiger partial charge in [-0.25, -0.2) is 4.79 Å². The van der Waals surface area contributed by atoms with Crippen LogP contribution in [0.2, 0.25) is 0 Å². The maximum absolute atomic E-state index is 12.1.